The Hall–Kier alpha value is -2.80. The van der Waals surface area contributed by atoms with Gasteiger partial charge < -0.3 is 19.2 Å². The first kappa shape index (κ1) is 16.7. The summed E-state index contributed by atoms with van der Waals surface area (Å²) in [5.74, 6) is 2.63. The number of rotatable bonds is 4. The van der Waals surface area contributed by atoms with Gasteiger partial charge in [-0.3, -0.25) is 4.79 Å². The van der Waals surface area contributed by atoms with E-state index < -0.39 is 0 Å². The predicted molar refractivity (Wildman–Crippen MR) is 97.9 cm³/mol. The predicted octanol–water partition coefficient (Wildman–Crippen LogP) is 3.72. The van der Waals surface area contributed by atoms with Crippen molar-refractivity contribution in [3.05, 3.63) is 52.6 Å². The van der Waals surface area contributed by atoms with Gasteiger partial charge in [0, 0.05) is 4.88 Å². The quantitative estimate of drug-likeness (QED) is 0.758. The molecule has 1 aromatic carbocycles. The Morgan fingerprint density at radius 1 is 1.15 bits per heavy atom. The highest BCUT2D eigenvalue weighted by Gasteiger charge is 2.15. The van der Waals surface area contributed by atoms with Crippen LogP contribution in [0.2, 0.25) is 0 Å². The lowest BCUT2D eigenvalue weighted by Crippen LogP contribution is -2.21. The van der Waals surface area contributed by atoms with Crippen molar-refractivity contribution in [1.82, 2.24) is 10.3 Å². The number of thiophene rings is 1. The SMILES string of the molecule is Cc1nc(CNC(=O)c2ccc(-c3ccc4c(c3)OCCO4)s2)oc1C. The number of hydrogen-bond donors (Lipinski definition) is 1. The lowest BCUT2D eigenvalue weighted by Gasteiger charge is -2.18. The molecule has 0 fully saturated rings. The molecule has 0 spiro atoms. The summed E-state index contributed by atoms with van der Waals surface area (Å²) in [7, 11) is 0. The van der Waals surface area contributed by atoms with Crippen molar-refractivity contribution in [3.63, 3.8) is 0 Å². The molecule has 1 aliphatic rings. The minimum Gasteiger partial charge on any atom is -0.486 e. The maximum atomic E-state index is 12.4. The molecule has 0 atom stereocenters. The number of fused-ring (bicyclic) bond motifs is 1. The van der Waals surface area contributed by atoms with E-state index in [1.165, 1.54) is 11.3 Å². The van der Waals surface area contributed by atoms with Crippen molar-refractivity contribution in [2.75, 3.05) is 13.2 Å². The minimum absolute atomic E-state index is 0.146. The highest BCUT2D eigenvalue weighted by Crippen LogP contribution is 2.36. The molecule has 6 nitrogen and oxygen atoms in total. The van der Waals surface area contributed by atoms with Crippen LogP contribution >= 0.6 is 11.3 Å². The van der Waals surface area contributed by atoms with Gasteiger partial charge in [-0.2, -0.15) is 0 Å². The van der Waals surface area contributed by atoms with E-state index in [1.807, 2.05) is 44.2 Å². The molecule has 2 aromatic heterocycles. The first-order valence-electron chi connectivity index (χ1n) is 8.31. The molecule has 1 amide bonds. The molecule has 4 rings (SSSR count). The summed E-state index contributed by atoms with van der Waals surface area (Å²) in [5, 5.41) is 2.84. The number of carbonyl (C=O) groups is 1. The van der Waals surface area contributed by atoms with Crippen LogP contribution in [0.5, 0.6) is 11.5 Å². The highest BCUT2D eigenvalue weighted by atomic mass is 32.1. The first-order valence-corrected chi connectivity index (χ1v) is 9.13. The number of ether oxygens (including phenoxy) is 2. The van der Waals surface area contributed by atoms with Crippen molar-refractivity contribution >= 4 is 17.2 Å². The Morgan fingerprint density at radius 2 is 1.96 bits per heavy atom. The smallest absolute Gasteiger partial charge is 0.261 e. The lowest BCUT2D eigenvalue weighted by atomic mass is 10.1. The van der Waals surface area contributed by atoms with Crippen LogP contribution in [-0.2, 0) is 6.54 Å². The van der Waals surface area contributed by atoms with Crippen LogP contribution < -0.4 is 14.8 Å². The average Bonchev–Trinajstić information content (AvgIpc) is 3.27. The van der Waals surface area contributed by atoms with E-state index in [0.717, 1.165) is 33.4 Å². The topological polar surface area (TPSA) is 73.6 Å². The number of benzene rings is 1. The Kier molecular flexibility index (Phi) is 4.38. The fourth-order valence-electron chi connectivity index (χ4n) is 2.67. The van der Waals surface area contributed by atoms with Gasteiger partial charge in [-0.1, -0.05) is 0 Å². The van der Waals surface area contributed by atoms with Gasteiger partial charge in [0.15, 0.2) is 11.5 Å². The maximum Gasteiger partial charge on any atom is 0.261 e. The summed E-state index contributed by atoms with van der Waals surface area (Å²) < 4.78 is 16.6. The molecule has 0 aliphatic carbocycles. The molecular formula is C19H18N2O4S. The summed E-state index contributed by atoms with van der Waals surface area (Å²) in [5.41, 5.74) is 1.84. The number of hydrogen-bond acceptors (Lipinski definition) is 6. The summed E-state index contributed by atoms with van der Waals surface area (Å²) in [6.45, 7) is 5.12. The number of carbonyl (C=O) groups excluding carboxylic acids is 1. The van der Waals surface area contributed by atoms with Crippen LogP contribution in [0, 0.1) is 13.8 Å². The van der Waals surface area contributed by atoms with Crippen LogP contribution in [-0.4, -0.2) is 24.1 Å². The fourth-order valence-corrected chi connectivity index (χ4v) is 3.59. The van der Waals surface area contributed by atoms with Crippen LogP contribution in [0.15, 0.2) is 34.7 Å². The normalized spacial score (nSPS) is 12.8. The highest BCUT2D eigenvalue weighted by molar-refractivity contribution is 7.17. The van der Waals surface area contributed by atoms with Crippen molar-refractivity contribution in [3.8, 4) is 21.9 Å². The van der Waals surface area contributed by atoms with Crippen LogP contribution in [0.3, 0.4) is 0 Å². The fraction of sp³-hybridized carbons (Fsp3) is 0.263. The Bertz CT molecular complexity index is 941. The van der Waals surface area contributed by atoms with Crippen molar-refractivity contribution in [2.24, 2.45) is 0 Å². The van der Waals surface area contributed by atoms with E-state index in [-0.39, 0.29) is 12.5 Å². The van der Waals surface area contributed by atoms with E-state index in [2.05, 4.69) is 10.3 Å². The monoisotopic (exact) mass is 370 g/mol. The second-order valence-corrected chi connectivity index (χ2v) is 7.04. The van der Waals surface area contributed by atoms with Gasteiger partial charge in [-0.25, -0.2) is 4.98 Å². The van der Waals surface area contributed by atoms with Crippen LogP contribution in [0.4, 0.5) is 0 Å². The molecule has 7 heteroatoms. The molecule has 3 aromatic rings. The summed E-state index contributed by atoms with van der Waals surface area (Å²) in [6.07, 6.45) is 0. The molecule has 3 heterocycles. The number of aryl methyl sites for hydroxylation is 2. The third-order valence-corrected chi connectivity index (χ3v) is 5.26. The molecule has 1 aliphatic heterocycles. The molecule has 26 heavy (non-hydrogen) atoms. The molecular weight excluding hydrogens is 352 g/mol. The summed E-state index contributed by atoms with van der Waals surface area (Å²) >= 11 is 1.43. The Balaban J connectivity index is 1.46. The van der Waals surface area contributed by atoms with E-state index >= 15 is 0 Å². The minimum atomic E-state index is -0.146. The van der Waals surface area contributed by atoms with Crippen LogP contribution in [0.1, 0.15) is 27.0 Å². The van der Waals surface area contributed by atoms with Crippen LogP contribution in [0.25, 0.3) is 10.4 Å². The van der Waals surface area contributed by atoms with Gasteiger partial charge in [-0.05, 0) is 49.7 Å². The first-order chi connectivity index (χ1) is 12.6. The van der Waals surface area contributed by atoms with Gasteiger partial charge in [0.05, 0.1) is 17.1 Å². The molecule has 0 unspecified atom stereocenters. The van der Waals surface area contributed by atoms with Gasteiger partial charge in [-0.15, -0.1) is 11.3 Å². The molecule has 0 saturated carbocycles. The number of aromatic nitrogens is 1. The molecule has 0 bridgehead atoms. The zero-order valence-electron chi connectivity index (χ0n) is 14.5. The molecule has 134 valence electrons. The van der Waals surface area contributed by atoms with E-state index in [1.54, 1.807) is 0 Å². The summed E-state index contributed by atoms with van der Waals surface area (Å²) in [4.78, 5) is 18.3. The van der Waals surface area contributed by atoms with E-state index in [9.17, 15) is 4.79 Å². The van der Waals surface area contributed by atoms with Crippen molar-refractivity contribution < 1.29 is 18.7 Å². The number of oxazole rings is 1. The van der Waals surface area contributed by atoms with Gasteiger partial charge in [0.25, 0.3) is 5.91 Å². The van der Waals surface area contributed by atoms with Crippen molar-refractivity contribution in [2.45, 2.75) is 20.4 Å². The molecule has 1 N–H and O–H groups in total. The third-order valence-electron chi connectivity index (χ3n) is 4.13. The average molecular weight is 370 g/mol. The summed E-state index contributed by atoms with van der Waals surface area (Å²) in [6, 6.07) is 9.57. The standard InChI is InChI=1S/C19H18N2O4S/c1-11-12(2)25-18(21-11)10-20-19(22)17-6-5-16(26-17)13-3-4-14-15(9-13)24-8-7-23-14/h3-6,9H,7-8,10H2,1-2H3,(H,20,22). The largest absolute Gasteiger partial charge is 0.486 e. The Labute approximate surface area is 154 Å². The van der Waals surface area contributed by atoms with Gasteiger partial charge >= 0.3 is 0 Å². The molecule has 0 saturated heterocycles. The third kappa shape index (κ3) is 3.30. The zero-order chi connectivity index (χ0) is 18.1. The lowest BCUT2D eigenvalue weighted by molar-refractivity contribution is 0.0951. The van der Waals surface area contributed by atoms with Gasteiger partial charge in [0.1, 0.15) is 19.0 Å². The number of amides is 1. The molecule has 0 radical (unpaired) electrons. The van der Waals surface area contributed by atoms with Gasteiger partial charge in [0.2, 0.25) is 5.89 Å². The second kappa shape index (κ2) is 6.84. The van der Waals surface area contributed by atoms with E-state index in [4.69, 9.17) is 13.9 Å². The van der Waals surface area contributed by atoms with Crippen molar-refractivity contribution in [1.29, 1.82) is 0 Å². The van der Waals surface area contributed by atoms with E-state index in [0.29, 0.717) is 24.0 Å². The second-order valence-electron chi connectivity index (χ2n) is 5.95. The number of nitrogens with one attached hydrogen (secondary N) is 1. The maximum absolute atomic E-state index is 12.4. The Morgan fingerprint density at radius 3 is 2.73 bits per heavy atom. The number of nitrogens with zero attached hydrogens (tertiary/aromatic N) is 1. The zero-order valence-corrected chi connectivity index (χ0v) is 15.3.